The van der Waals surface area contributed by atoms with Crippen LogP contribution < -0.4 is 16.0 Å². The number of aliphatic carboxylic acids is 1. The van der Waals surface area contributed by atoms with Crippen LogP contribution in [-0.4, -0.2) is 142 Å². The number of nitrogens with one attached hydrogen (secondary N) is 3. The number of carbonyl (C=O) groups excluding carboxylic acids is 5. The third-order valence-corrected chi connectivity index (χ3v) is 12.3. The summed E-state index contributed by atoms with van der Waals surface area (Å²) in [6.07, 6.45) is -0.870. The van der Waals surface area contributed by atoms with Crippen LogP contribution in [0.1, 0.15) is 106 Å². The molecule has 0 aliphatic carbocycles. The van der Waals surface area contributed by atoms with E-state index >= 15 is 0 Å². The maximum atomic E-state index is 14.3. The summed E-state index contributed by atoms with van der Waals surface area (Å²) in [5, 5.41) is 16.3. The van der Waals surface area contributed by atoms with Gasteiger partial charge in [-0.05, 0) is 124 Å². The molecule has 0 unspecified atom stereocenters. The summed E-state index contributed by atoms with van der Waals surface area (Å²) in [5.74, 6) is -9.18. The van der Waals surface area contributed by atoms with Crippen LogP contribution in [0.2, 0.25) is 0 Å². The normalized spacial score (nSPS) is 20.4. The third kappa shape index (κ3) is 17.7. The number of carboxylic acid groups (broad SMARTS) is 1. The van der Waals surface area contributed by atoms with Gasteiger partial charge in [0, 0.05) is 88.3 Å². The second-order valence-corrected chi connectivity index (χ2v) is 21.7. The molecule has 4 saturated heterocycles. The molecule has 4 N–H and O–H groups in total. The smallest absolute Gasteiger partial charge is 0.407 e. The molecule has 0 spiro atoms. The van der Waals surface area contributed by atoms with E-state index in [0.717, 1.165) is 39.4 Å². The van der Waals surface area contributed by atoms with E-state index in [1.807, 2.05) is 0 Å². The van der Waals surface area contributed by atoms with Crippen LogP contribution in [0.25, 0.3) is 0 Å². The summed E-state index contributed by atoms with van der Waals surface area (Å²) in [5.41, 5.74) is -6.03. The van der Waals surface area contributed by atoms with Gasteiger partial charge in [-0.25, -0.2) is 49.5 Å². The van der Waals surface area contributed by atoms with Gasteiger partial charge in [0.25, 0.3) is 5.91 Å². The molecule has 15 nitrogen and oxygen atoms in total. The van der Waals surface area contributed by atoms with Gasteiger partial charge < -0.3 is 45.2 Å². The maximum absolute atomic E-state index is 14.3. The summed E-state index contributed by atoms with van der Waals surface area (Å²) in [6.45, 7) is 17.6. The van der Waals surface area contributed by atoms with E-state index in [4.69, 9.17) is 14.6 Å². The van der Waals surface area contributed by atoms with Crippen molar-refractivity contribution >= 4 is 35.9 Å². The molecule has 73 heavy (non-hydrogen) atoms. The first kappa shape index (κ1) is 59.8. The van der Waals surface area contributed by atoms with E-state index in [9.17, 15) is 63.9 Å². The molecule has 23 heteroatoms. The fraction of sp³-hybridized carbons (Fsp3) is 0.640. The highest BCUT2D eigenvalue weighted by atomic mass is 19.2. The number of ether oxygens (including phenoxy) is 2. The van der Waals surface area contributed by atoms with Crippen LogP contribution in [-0.2, 0) is 41.5 Å². The van der Waals surface area contributed by atoms with Gasteiger partial charge >= 0.3 is 18.2 Å². The number of rotatable bonds is 12. The highest BCUT2D eigenvalue weighted by Crippen LogP contribution is 2.34. The molecule has 6 atom stereocenters. The van der Waals surface area contributed by atoms with Crippen molar-refractivity contribution in [1.82, 2.24) is 30.7 Å². The van der Waals surface area contributed by atoms with Crippen molar-refractivity contribution in [2.75, 3.05) is 39.3 Å². The number of hydrogen-bond donors (Lipinski definition) is 4. The molecule has 4 aliphatic heterocycles. The standard InChI is InChI=1S/C25H33F4N3O4.C21H28F3N3O3.C4H7FO2/c1-24(2,3)36-23(35)30-16(8-15-9-18(27)19(28)11-17(15)26)10-21(33)32-7-6-14-12-31(13-20(14)32)22(34)25(4,5)29;1-21(2,3)30-20(29)26-14(6-13-7-16(23)17(24)9-15(13)22)8-19(28)27-5-4-12-10-25-11-18(12)27;1-4(2,5)3(6)7/h9,11,14,16,20H,6-8,10,12-13H2,1-5H3,(H,30,35);7,9,12,14,18,25H,4-6,8,10-11H2,1-3H3,(H,26,29);1-2H3,(H,6,7)/t14-,16+,20+;12-,14+,18+;/m00./s1. The van der Waals surface area contributed by atoms with Crippen LogP contribution in [0.5, 0.6) is 0 Å². The lowest BCUT2D eigenvalue weighted by Gasteiger charge is -2.29. The van der Waals surface area contributed by atoms with Gasteiger partial charge in [-0.2, -0.15) is 0 Å². The second kappa shape index (κ2) is 24.1. The molecule has 408 valence electrons. The van der Waals surface area contributed by atoms with Crippen LogP contribution in [0.15, 0.2) is 24.3 Å². The average molecular weight is 1050 g/mol. The highest BCUT2D eigenvalue weighted by molar-refractivity contribution is 5.85. The molecule has 4 aliphatic rings. The lowest BCUT2D eigenvalue weighted by Crippen LogP contribution is -2.47. The zero-order valence-electron chi connectivity index (χ0n) is 42.8. The minimum Gasteiger partial charge on any atom is -0.479 e. The van der Waals surface area contributed by atoms with E-state index in [0.29, 0.717) is 50.2 Å². The summed E-state index contributed by atoms with van der Waals surface area (Å²) < 4.78 is 119. The van der Waals surface area contributed by atoms with Crippen LogP contribution >= 0.6 is 0 Å². The molecule has 4 fully saturated rings. The van der Waals surface area contributed by atoms with Crippen molar-refractivity contribution in [3.8, 4) is 0 Å². The molecule has 0 saturated carbocycles. The predicted octanol–water partition coefficient (Wildman–Crippen LogP) is 7.31. The minimum absolute atomic E-state index is 0.00107. The van der Waals surface area contributed by atoms with Crippen molar-refractivity contribution in [3.63, 3.8) is 0 Å². The Kier molecular flexibility index (Phi) is 19.7. The number of carbonyl (C=O) groups is 6. The first-order chi connectivity index (χ1) is 33.5. The molecule has 2 aromatic carbocycles. The number of amides is 5. The number of alkyl carbamates (subject to hydrolysis) is 2. The summed E-state index contributed by atoms with van der Waals surface area (Å²) in [6, 6.07) is 0.334. The fourth-order valence-electron chi connectivity index (χ4n) is 8.90. The average Bonchev–Trinajstić information content (AvgIpc) is 4.03. The lowest BCUT2D eigenvalue weighted by molar-refractivity contribution is -0.148. The van der Waals surface area contributed by atoms with E-state index in [-0.39, 0.29) is 73.2 Å². The summed E-state index contributed by atoms with van der Waals surface area (Å²) >= 11 is 0. The van der Waals surface area contributed by atoms with E-state index in [1.54, 1.807) is 51.3 Å². The quantitative estimate of drug-likeness (QED) is 0.124. The highest BCUT2D eigenvalue weighted by Gasteiger charge is 2.47. The number of halogens is 8. The van der Waals surface area contributed by atoms with Gasteiger partial charge in [0.05, 0.1) is 6.04 Å². The Labute approximate surface area is 420 Å². The van der Waals surface area contributed by atoms with Gasteiger partial charge in [-0.3, -0.25) is 14.4 Å². The van der Waals surface area contributed by atoms with Crippen molar-refractivity contribution in [3.05, 3.63) is 70.3 Å². The predicted molar refractivity (Wildman–Crippen MR) is 250 cm³/mol. The first-order valence-electron chi connectivity index (χ1n) is 24.0. The van der Waals surface area contributed by atoms with Gasteiger partial charge in [0.15, 0.2) is 28.9 Å². The zero-order valence-corrected chi connectivity index (χ0v) is 42.8. The molecule has 0 radical (unpaired) electrons. The maximum Gasteiger partial charge on any atom is 0.407 e. The van der Waals surface area contributed by atoms with E-state index in [1.165, 1.54) is 18.7 Å². The van der Waals surface area contributed by atoms with E-state index < -0.39 is 93.6 Å². The SMILES string of the molecule is CC(C)(C)OC(=O)N[C@@H](CC(=O)N1CC[C@H]2CN(C(=O)C(C)(C)F)C[C@H]21)Cc1cc(F)c(F)cc1F.CC(C)(C)OC(=O)N[C@@H](CC(=O)N1CC[C@H]2CNC[C@H]21)Cc1cc(F)c(F)cc1F.CC(C)(F)C(=O)O. The first-order valence-corrected chi connectivity index (χ1v) is 24.0. The molecular formula is C50H68F8N6O9. The Morgan fingerprint density at radius 2 is 1.00 bits per heavy atom. The number of hydrogen-bond acceptors (Lipinski definition) is 9. The Balaban J connectivity index is 0.000000283. The number of carboxylic acids is 1. The lowest BCUT2D eigenvalue weighted by atomic mass is 10.0. The molecule has 0 bridgehead atoms. The fourth-order valence-corrected chi connectivity index (χ4v) is 8.90. The third-order valence-electron chi connectivity index (χ3n) is 12.3. The van der Waals surface area contributed by atoms with Gasteiger partial charge in [-0.15, -0.1) is 0 Å². The number of fused-ring (bicyclic) bond motifs is 2. The Bertz CT molecular complexity index is 2330. The summed E-state index contributed by atoms with van der Waals surface area (Å²) in [7, 11) is 0. The summed E-state index contributed by atoms with van der Waals surface area (Å²) in [4.78, 5) is 77.7. The molecule has 5 amide bonds. The van der Waals surface area contributed by atoms with Crippen molar-refractivity contribution in [2.45, 2.75) is 154 Å². The Morgan fingerprint density at radius 1 is 0.603 bits per heavy atom. The van der Waals surface area contributed by atoms with Crippen molar-refractivity contribution in [1.29, 1.82) is 0 Å². The van der Waals surface area contributed by atoms with Crippen molar-refractivity contribution < 1.29 is 78.5 Å². The number of alkyl halides is 2. The van der Waals surface area contributed by atoms with Crippen LogP contribution in [0, 0.1) is 46.7 Å². The molecule has 4 heterocycles. The van der Waals surface area contributed by atoms with E-state index in [2.05, 4.69) is 16.0 Å². The number of benzene rings is 2. The minimum atomic E-state index is -2.08. The Morgan fingerprint density at radius 3 is 1.40 bits per heavy atom. The topological polar surface area (TPSA) is 187 Å². The van der Waals surface area contributed by atoms with Gasteiger partial charge in [0.1, 0.15) is 22.8 Å². The molecule has 2 aromatic rings. The van der Waals surface area contributed by atoms with Gasteiger partial charge in [0.2, 0.25) is 17.5 Å². The van der Waals surface area contributed by atoms with Gasteiger partial charge in [-0.1, -0.05) is 0 Å². The van der Waals surface area contributed by atoms with Crippen LogP contribution in [0.4, 0.5) is 44.7 Å². The molecule has 6 rings (SSSR count). The molecule has 0 aromatic heterocycles. The number of nitrogens with zero attached hydrogens (tertiary/aromatic N) is 3. The van der Waals surface area contributed by atoms with Crippen LogP contribution in [0.3, 0.4) is 0 Å². The molecular weight excluding hydrogens is 981 g/mol. The second-order valence-electron chi connectivity index (χ2n) is 21.7. The monoisotopic (exact) mass is 1050 g/mol. The van der Waals surface area contributed by atoms with Crippen molar-refractivity contribution in [2.24, 2.45) is 11.8 Å². The zero-order chi connectivity index (χ0) is 55.1. The largest absolute Gasteiger partial charge is 0.479 e. The number of likely N-dealkylation sites (tertiary alicyclic amines) is 3. The Hall–Kier alpha value is -5.74.